The van der Waals surface area contributed by atoms with Crippen LogP contribution in [0.5, 0.6) is 0 Å². The molecule has 0 saturated carbocycles. The molecule has 12 nitrogen and oxygen atoms in total. The Morgan fingerprint density at radius 2 is 0.367 bits per heavy atom. The van der Waals surface area contributed by atoms with Crippen molar-refractivity contribution in [1.82, 2.24) is 29.9 Å². The molecule has 168 valence electrons. The van der Waals surface area contributed by atoms with Crippen molar-refractivity contribution in [3.8, 4) is 0 Å². The van der Waals surface area contributed by atoms with Crippen LogP contribution in [0.3, 0.4) is 0 Å². The van der Waals surface area contributed by atoms with Crippen molar-refractivity contribution >= 4 is 35.7 Å². The lowest BCUT2D eigenvalue weighted by atomic mass is 10.7. The zero-order chi connectivity index (χ0) is 23.2. The first-order chi connectivity index (χ1) is 13.8. The lowest BCUT2D eigenvalue weighted by Gasteiger charge is -2.18. The fraction of sp³-hybridized carbons (Fsp3) is 0.667. The van der Waals surface area contributed by atoms with Crippen molar-refractivity contribution < 1.29 is 0 Å². The summed E-state index contributed by atoms with van der Waals surface area (Å²) in [4.78, 5) is 37.1. The average molecular weight is 421 g/mol. The van der Waals surface area contributed by atoms with Crippen LogP contribution in [0, 0.1) is 0 Å². The number of hydrogen-bond acceptors (Lipinski definition) is 12. The molecule has 0 saturated heterocycles. The van der Waals surface area contributed by atoms with Crippen LogP contribution in [-0.4, -0.2) is 114 Å². The van der Waals surface area contributed by atoms with E-state index in [1.807, 2.05) is 114 Å². The van der Waals surface area contributed by atoms with Gasteiger partial charge in [0.05, 0.1) is 0 Å². The fourth-order valence-corrected chi connectivity index (χ4v) is 1.89. The third kappa shape index (κ3) is 7.01. The number of hydrogen-bond donors (Lipinski definition) is 0. The van der Waals surface area contributed by atoms with Gasteiger partial charge in [0.15, 0.2) is 0 Å². The van der Waals surface area contributed by atoms with E-state index in [1.165, 1.54) is 0 Å². The molecule has 0 atom stereocenters. The highest BCUT2D eigenvalue weighted by Crippen LogP contribution is 2.15. The molecule has 2 heterocycles. The second-order valence-corrected chi connectivity index (χ2v) is 7.84. The van der Waals surface area contributed by atoms with Crippen molar-refractivity contribution in [3.63, 3.8) is 0 Å². The zero-order valence-corrected chi connectivity index (χ0v) is 20.4. The Balaban J connectivity index is 0.000000300. The molecule has 2 aromatic heterocycles. The molecule has 0 bridgehead atoms. The summed E-state index contributed by atoms with van der Waals surface area (Å²) in [5.41, 5.74) is 0. The van der Waals surface area contributed by atoms with Gasteiger partial charge in [0, 0.05) is 84.6 Å². The third-order valence-electron chi connectivity index (χ3n) is 3.60. The minimum Gasteiger partial charge on any atom is -0.347 e. The first kappa shape index (κ1) is 24.9. The van der Waals surface area contributed by atoms with Gasteiger partial charge >= 0.3 is 0 Å². The predicted molar refractivity (Wildman–Crippen MR) is 126 cm³/mol. The van der Waals surface area contributed by atoms with Crippen LogP contribution >= 0.6 is 0 Å². The van der Waals surface area contributed by atoms with Crippen molar-refractivity contribution in [3.05, 3.63) is 0 Å². The van der Waals surface area contributed by atoms with Gasteiger partial charge in [-0.3, -0.25) is 0 Å². The summed E-state index contributed by atoms with van der Waals surface area (Å²) in [7, 11) is 22.9. The number of aromatic nitrogens is 6. The standard InChI is InChI=1S/2C9H18N6/c2*1-13(2)7-10-8(14(3)4)12-9(11-7)15(5)6/h2*1-6H3. The molecule has 0 amide bonds. The minimum absolute atomic E-state index is 0.664. The number of nitrogens with zero attached hydrogens (tertiary/aromatic N) is 12. The topological polar surface area (TPSA) is 96.8 Å². The first-order valence-electron chi connectivity index (χ1n) is 9.39. The van der Waals surface area contributed by atoms with Crippen molar-refractivity contribution in [2.24, 2.45) is 0 Å². The van der Waals surface area contributed by atoms with Gasteiger partial charge in [-0.1, -0.05) is 0 Å². The average Bonchev–Trinajstić information content (AvgIpc) is 2.67. The van der Waals surface area contributed by atoms with Gasteiger partial charge in [-0.25, -0.2) is 0 Å². The molecule has 12 heteroatoms. The van der Waals surface area contributed by atoms with Gasteiger partial charge in [-0.2, -0.15) is 29.9 Å². The van der Waals surface area contributed by atoms with Crippen molar-refractivity contribution in [1.29, 1.82) is 0 Å². The molecule has 0 aliphatic carbocycles. The normalized spacial score (nSPS) is 10.0. The largest absolute Gasteiger partial charge is 0.347 e. The Hall–Kier alpha value is -3.18. The van der Waals surface area contributed by atoms with E-state index < -0.39 is 0 Å². The summed E-state index contributed by atoms with van der Waals surface area (Å²) >= 11 is 0. The van der Waals surface area contributed by atoms with Crippen molar-refractivity contribution in [2.45, 2.75) is 0 Å². The summed E-state index contributed by atoms with van der Waals surface area (Å²) in [6.07, 6.45) is 0. The Kier molecular flexibility index (Phi) is 8.75. The van der Waals surface area contributed by atoms with E-state index >= 15 is 0 Å². The number of anilines is 6. The molecule has 2 rings (SSSR count). The molecule has 2 aromatic rings. The molecule has 0 aliphatic heterocycles. The van der Waals surface area contributed by atoms with E-state index in [0.29, 0.717) is 35.7 Å². The molecule has 0 N–H and O–H groups in total. The highest BCUT2D eigenvalue weighted by atomic mass is 15.4. The van der Waals surface area contributed by atoms with E-state index in [-0.39, 0.29) is 0 Å². The molecule has 0 radical (unpaired) electrons. The van der Waals surface area contributed by atoms with Crippen LogP contribution in [0.2, 0.25) is 0 Å². The summed E-state index contributed by atoms with van der Waals surface area (Å²) in [6.45, 7) is 0. The molecule has 0 unspecified atom stereocenters. The van der Waals surface area contributed by atoms with Crippen LogP contribution in [0.1, 0.15) is 0 Å². The van der Waals surface area contributed by atoms with Gasteiger partial charge in [-0.05, 0) is 0 Å². The summed E-state index contributed by atoms with van der Waals surface area (Å²) < 4.78 is 0. The van der Waals surface area contributed by atoms with Gasteiger partial charge in [0.2, 0.25) is 35.7 Å². The van der Waals surface area contributed by atoms with Crippen LogP contribution in [-0.2, 0) is 0 Å². The van der Waals surface area contributed by atoms with Crippen LogP contribution in [0.4, 0.5) is 35.7 Å². The second-order valence-electron chi connectivity index (χ2n) is 7.84. The van der Waals surface area contributed by atoms with Crippen LogP contribution < -0.4 is 29.4 Å². The monoisotopic (exact) mass is 420 g/mol. The number of rotatable bonds is 6. The maximum absolute atomic E-state index is 4.32. The minimum atomic E-state index is 0.664. The zero-order valence-electron chi connectivity index (χ0n) is 20.4. The van der Waals surface area contributed by atoms with Crippen molar-refractivity contribution in [2.75, 3.05) is 114 Å². The second kappa shape index (κ2) is 10.6. The van der Waals surface area contributed by atoms with Crippen LogP contribution in [0.25, 0.3) is 0 Å². The fourth-order valence-electron chi connectivity index (χ4n) is 1.89. The Morgan fingerprint density at radius 3 is 0.433 bits per heavy atom. The molecule has 0 fully saturated rings. The lowest BCUT2D eigenvalue weighted by Crippen LogP contribution is -2.22. The molecule has 0 spiro atoms. The Labute approximate surface area is 180 Å². The highest BCUT2D eigenvalue weighted by Gasteiger charge is 2.11. The molecule has 0 aromatic carbocycles. The van der Waals surface area contributed by atoms with Gasteiger partial charge < -0.3 is 29.4 Å². The summed E-state index contributed by atoms with van der Waals surface area (Å²) in [5, 5.41) is 0. The highest BCUT2D eigenvalue weighted by molar-refractivity contribution is 5.45. The van der Waals surface area contributed by atoms with Gasteiger partial charge in [0.1, 0.15) is 0 Å². The van der Waals surface area contributed by atoms with E-state index in [4.69, 9.17) is 0 Å². The Morgan fingerprint density at radius 1 is 0.267 bits per heavy atom. The predicted octanol–water partition coefficient (Wildman–Crippen LogP) is 0.139. The SMILES string of the molecule is CN(C)c1nc(N(C)C)nc(N(C)C)n1.CN(C)c1nc(N(C)C)nc(N(C)C)n1. The van der Waals surface area contributed by atoms with E-state index in [0.717, 1.165) is 0 Å². The molecule has 30 heavy (non-hydrogen) atoms. The van der Waals surface area contributed by atoms with Gasteiger partial charge in [-0.15, -0.1) is 0 Å². The summed E-state index contributed by atoms with van der Waals surface area (Å²) in [6, 6.07) is 0. The van der Waals surface area contributed by atoms with E-state index in [1.54, 1.807) is 0 Å². The molecular formula is C18H36N12. The van der Waals surface area contributed by atoms with Gasteiger partial charge in [0.25, 0.3) is 0 Å². The maximum atomic E-state index is 4.32. The van der Waals surface area contributed by atoms with E-state index in [2.05, 4.69) is 29.9 Å². The molecular weight excluding hydrogens is 384 g/mol. The lowest BCUT2D eigenvalue weighted by molar-refractivity contribution is 0.886. The first-order valence-corrected chi connectivity index (χ1v) is 9.39. The Bertz CT molecular complexity index is 605. The smallest absolute Gasteiger partial charge is 0.231 e. The molecule has 0 aliphatic rings. The third-order valence-corrected chi connectivity index (χ3v) is 3.60. The van der Waals surface area contributed by atoms with E-state index in [9.17, 15) is 0 Å². The summed E-state index contributed by atoms with van der Waals surface area (Å²) in [5.74, 6) is 3.99. The maximum Gasteiger partial charge on any atom is 0.231 e. The quantitative estimate of drug-likeness (QED) is 0.636. The van der Waals surface area contributed by atoms with Crippen LogP contribution in [0.15, 0.2) is 0 Å².